The van der Waals surface area contributed by atoms with Crippen LogP contribution in [0.25, 0.3) is 16.9 Å². The lowest BCUT2D eigenvalue weighted by molar-refractivity contribution is -0.175. The monoisotopic (exact) mass is 537 g/mol. The van der Waals surface area contributed by atoms with Gasteiger partial charge in [0.2, 0.25) is 11.7 Å². The number of nitrogens with zero attached hydrogens (tertiary/aromatic N) is 2. The number of aliphatic hydroxyl groups excluding tert-OH is 1. The van der Waals surface area contributed by atoms with Crippen molar-refractivity contribution >= 4 is 29.0 Å². The van der Waals surface area contributed by atoms with Crippen molar-refractivity contribution in [2.75, 3.05) is 28.2 Å². The number of likely N-dealkylation sites (N-methyl/N-ethyl adjacent to an activating group) is 1. The summed E-state index contributed by atoms with van der Waals surface area (Å²) >= 11 is 0. The quantitative estimate of drug-likeness (QED) is 0.397. The summed E-state index contributed by atoms with van der Waals surface area (Å²) in [6.45, 7) is 0.321. The van der Waals surface area contributed by atoms with Crippen molar-refractivity contribution in [2.45, 2.75) is 31.0 Å². The minimum atomic E-state index is -2.75. The van der Waals surface area contributed by atoms with E-state index in [1.165, 1.54) is 17.4 Å². The molecule has 0 aliphatic heterocycles. The molecule has 0 bridgehead atoms. The molecule has 206 valence electrons. The van der Waals surface area contributed by atoms with Crippen molar-refractivity contribution in [2.24, 2.45) is 23.5 Å². The second kappa shape index (κ2) is 9.15. The van der Waals surface area contributed by atoms with Crippen LogP contribution in [0.5, 0.6) is 5.75 Å². The van der Waals surface area contributed by atoms with Crippen LogP contribution in [-0.4, -0.2) is 88.2 Å². The molecular formula is C28H31N3O8. The van der Waals surface area contributed by atoms with Crippen molar-refractivity contribution in [3.05, 3.63) is 46.9 Å². The molecule has 39 heavy (non-hydrogen) atoms. The van der Waals surface area contributed by atoms with Gasteiger partial charge in [-0.15, -0.1) is 0 Å². The van der Waals surface area contributed by atoms with Crippen LogP contribution in [0.15, 0.2) is 34.6 Å². The van der Waals surface area contributed by atoms with E-state index in [1.54, 1.807) is 20.2 Å². The molecule has 11 heteroatoms. The lowest BCUT2D eigenvalue weighted by Gasteiger charge is -2.51. The molecule has 3 aliphatic carbocycles. The Kier molecular flexibility index (Phi) is 6.28. The highest BCUT2D eigenvalue weighted by Crippen LogP contribution is 2.53. The second-order valence-corrected chi connectivity index (χ2v) is 11.1. The van der Waals surface area contributed by atoms with E-state index in [0.29, 0.717) is 28.8 Å². The van der Waals surface area contributed by atoms with Gasteiger partial charge in [0.05, 0.1) is 24.1 Å². The third-order valence-corrected chi connectivity index (χ3v) is 8.26. The van der Waals surface area contributed by atoms with Crippen LogP contribution >= 0.6 is 0 Å². The van der Waals surface area contributed by atoms with Crippen LogP contribution in [-0.2, 0) is 32.1 Å². The van der Waals surface area contributed by atoms with Gasteiger partial charge in [0.25, 0.3) is 0 Å². The maximum Gasteiger partial charge on any atom is 0.235 e. The van der Waals surface area contributed by atoms with E-state index in [4.69, 9.17) is 10.2 Å². The molecule has 5 atom stereocenters. The summed E-state index contributed by atoms with van der Waals surface area (Å²) in [6.07, 6.45) is 3.23. The van der Waals surface area contributed by atoms with Crippen LogP contribution < -0.4 is 5.73 Å². The number of aromatic hydroxyl groups is 1. The summed E-state index contributed by atoms with van der Waals surface area (Å²) in [5.74, 6) is -8.96. The first-order valence-corrected chi connectivity index (χ1v) is 12.6. The molecule has 1 aromatic heterocycles. The number of nitrogens with two attached hydrogens (primary N) is 1. The molecule has 11 nitrogen and oxygen atoms in total. The van der Waals surface area contributed by atoms with Gasteiger partial charge in [-0.25, -0.2) is 0 Å². The Morgan fingerprint density at radius 1 is 1.18 bits per heavy atom. The van der Waals surface area contributed by atoms with E-state index >= 15 is 0 Å². The number of amides is 1. The van der Waals surface area contributed by atoms with E-state index in [2.05, 4.69) is 0 Å². The third kappa shape index (κ3) is 3.75. The summed E-state index contributed by atoms with van der Waals surface area (Å²) in [5, 5.41) is 34.5. The summed E-state index contributed by atoms with van der Waals surface area (Å²) in [5.41, 5.74) is 4.93. The number of carbonyl (C=O) groups is 4. The lowest BCUT2D eigenvalue weighted by Crippen LogP contribution is -2.72. The van der Waals surface area contributed by atoms with Gasteiger partial charge in [0.1, 0.15) is 11.5 Å². The van der Waals surface area contributed by atoms with Gasteiger partial charge in [-0.1, -0.05) is 0 Å². The first kappa shape index (κ1) is 26.8. The van der Waals surface area contributed by atoms with Crippen molar-refractivity contribution in [3.63, 3.8) is 0 Å². The van der Waals surface area contributed by atoms with Gasteiger partial charge in [-0.2, -0.15) is 0 Å². The van der Waals surface area contributed by atoms with Gasteiger partial charge >= 0.3 is 0 Å². The average molecular weight is 538 g/mol. The molecule has 0 spiro atoms. The molecular weight excluding hydrogens is 506 g/mol. The average Bonchev–Trinajstić information content (AvgIpc) is 3.37. The maximum atomic E-state index is 14.0. The number of furan rings is 1. The number of phenolic OH excluding ortho intramolecular Hbond substituents is 1. The zero-order valence-electron chi connectivity index (χ0n) is 22.1. The van der Waals surface area contributed by atoms with E-state index in [-0.39, 0.29) is 29.7 Å². The molecule has 0 radical (unpaired) electrons. The topological polar surface area (TPSA) is 175 Å². The minimum absolute atomic E-state index is 0.00206. The number of rotatable bonds is 5. The number of hydrogen-bond acceptors (Lipinski definition) is 10. The third-order valence-electron chi connectivity index (χ3n) is 8.26. The summed E-state index contributed by atoms with van der Waals surface area (Å²) in [7, 11) is 6.75. The largest absolute Gasteiger partial charge is 0.507 e. The fraction of sp³-hybridized carbons (Fsp3) is 0.429. The number of hydrogen-bond donors (Lipinski definition) is 4. The first-order valence-electron chi connectivity index (χ1n) is 12.6. The fourth-order valence-electron chi connectivity index (χ4n) is 6.65. The molecule has 5 rings (SSSR count). The Hall–Kier alpha value is -3.80. The van der Waals surface area contributed by atoms with Gasteiger partial charge in [-0.3, -0.25) is 24.1 Å². The van der Waals surface area contributed by atoms with Crippen LogP contribution in [0.3, 0.4) is 0 Å². The predicted molar refractivity (Wildman–Crippen MR) is 138 cm³/mol. The van der Waals surface area contributed by atoms with E-state index in [1.807, 2.05) is 25.1 Å². The van der Waals surface area contributed by atoms with Crippen molar-refractivity contribution in [1.29, 1.82) is 0 Å². The number of benzene rings is 1. The number of aliphatic hydroxyl groups is 2. The molecule has 2 fully saturated rings. The Labute approximate surface area is 224 Å². The second-order valence-electron chi connectivity index (χ2n) is 11.1. The number of Topliss-reactive ketones (excluding diaryl/α,β-unsaturated/α-hetero) is 3. The Morgan fingerprint density at radius 3 is 2.44 bits per heavy atom. The lowest BCUT2D eigenvalue weighted by atomic mass is 9.54. The van der Waals surface area contributed by atoms with Gasteiger partial charge in [-0.05, 0) is 70.2 Å². The molecule has 1 aromatic carbocycles. The number of ketones is 3. The van der Waals surface area contributed by atoms with Crippen molar-refractivity contribution in [3.8, 4) is 16.9 Å². The normalized spacial score (nSPS) is 28.5. The van der Waals surface area contributed by atoms with Crippen LogP contribution in [0.4, 0.5) is 0 Å². The Balaban J connectivity index is 1.74. The molecule has 3 aliphatic rings. The van der Waals surface area contributed by atoms with E-state index < -0.39 is 58.4 Å². The number of phenols is 1. The van der Waals surface area contributed by atoms with Gasteiger partial charge in [0.15, 0.2) is 23.1 Å². The number of fused-ring (bicyclic) bond motifs is 3. The molecule has 1 heterocycles. The summed E-state index contributed by atoms with van der Waals surface area (Å²) in [6, 6.07) is 2.42. The Morgan fingerprint density at radius 2 is 1.87 bits per heavy atom. The highest BCUT2D eigenvalue weighted by atomic mass is 16.3. The number of primary amides is 1. The maximum absolute atomic E-state index is 14.0. The van der Waals surface area contributed by atoms with E-state index in [0.717, 1.165) is 0 Å². The molecule has 2 saturated carbocycles. The standard InChI is InChI=1S/C28H31N3O8/c1-30(2)10-14-8-15(12-5-6-39-11-12)16-7-13-9-17-21(31(3)4)24(34)20(27(29)37)26(36)28(17,38)25(35)18(13)23(33)19(16)22(14)32/h5-6,8,11,13,17,20-21,32-33,38H,7,9-10H2,1-4H3,(H2,29,37)/t13-,17-,20?,21-,28-/m0/s1. The minimum Gasteiger partial charge on any atom is -0.507 e. The fourth-order valence-corrected chi connectivity index (χ4v) is 6.65. The van der Waals surface area contributed by atoms with Crippen molar-refractivity contribution < 1.29 is 38.9 Å². The zero-order chi connectivity index (χ0) is 28.5. The summed E-state index contributed by atoms with van der Waals surface area (Å²) < 4.78 is 5.29. The highest BCUT2D eigenvalue weighted by molar-refractivity contribution is 6.32. The van der Waals surface area contributed by atoms with E-state index in [9.17, 15) is 34.5 Å². The molecule has 2 aromatic rings. The van der Waals surface area contributed by atoms with Crippen LogP contribution in [0.1, 0.15) is 23.1 Å². The molecule has 1 unspecified atom stereocenters. The number of carbonyl (C=O) groups excluding carboxylic acids is 4. The van der Waals surface area contributed by atoms with Crippen molar-refractivity contribution in [1.82, 2.24) is 9.80 Å². The summed E-state index contributed by atoms with van der Waals surface area (Å²) in [4.78, 5) is 56.1. The van der Waals surface area contributed by atoms with Crippen LogP contribution in [0.2, 0.25) is 0 Å². The molecule has 0 saturated heterocycles. The molecule has 5 N–H and O–H groups in total. The predicted octanol–water partition coefficient (Wildman–Crippen LogP) is 0.659. The SMILES string of the molecule is CN(C)Cc1cc(-c2ccoc2)c2c(c1O)C(O)=C1C(=O)[C@]3(O)C(=O)C(C(N)=O)C(=O)[C@@H](N(C)C)[C@@H]3C[C@@H]1C2. The Bertz CT molecular complexity index is 1440. The zero-order valence-corrected chi connectivity index (χ0v) is 22.1. The first-order chi connectivity index (χ1) is 18.3. The van der Waals surface area contributed by atoms with Gasteiger partial charge in [0, 0.05) is 29.2 Å². The smallest absolute Gasteiger partial charge is 0.235 e. The van der Waals surface area contributed by atoms with Gasteiger partial charge < -0.3 is 30.4 Å². The highest BCUT2D eigenvalue weighted by Gasteiger charge is 2.67. The van der Waals surface area contributed by atoms with Crippen LogP contribution in [0, 0.1) is 17.8 Å². The molecule has 1 amide bonds.